The van der Waals surface area contributed by atoms with Crippen LogP contribution in [0.5, 0.6) is 0 Å². The number of aliphatic hydroxyl groups is 4. The summed E-state index contributed by atoms with van der Waals surface area (Å²) in [5, 5.41) is 34.3. The molecule has 0 amide bonds. The van der Waals surface area contributed by atoms with Crippen LogP contribution in [0.4, 0.5) is 0 Å². The normalized spacial score (nSPS) is 19.3. The maximum atomic E-state index is 10.5. The van der Waals surface area contributed by atoms with Gasteiger partial charge in [0.05, 0.1) is 16.8 Å². The molecule has 0 saturated carbocycles. The van der Waals surface area contributed by atoms with Crippen LogP contribution in [0, 0.1) is 0 Å². The lowest BCUT2D eigenvalue weighted by molar-refractivity contribution is -0.132. The van der Waals surface area contributed by atoms with Crippen LogP contribution >= 0.6 is 0 Å². The zero-order chi connectivity index (χ0) is 9.02. The maximum absolute atomic E-state index is 10.5. The molecule has 11 heavy (non-hydrogen) atoms. The first kappa shape index (κ1) is 10.7. The first-order chi connectivity index (χ1) is 5.00. The molecule has 4 N–H and O–H groups in total. The van der Waals surface area contributed by atoms with Crippen molar-refractivity contribution in [3.8, 4) is 0 Å². The molecule has 0 saturated heterocycles. The number of hydrogen-bond donors (Lipinski definition) is 4. The largest absolute Gasteiger partial charge is 0.394 e. The van der Waals surface area contributed by atoms with Crippen LogP contribution in [0.1, 0.15) is 0 Å². The average molecular weight is 180 g/mol. The van der Waals surface area contributed by atoms with Crippen molar-refractivity contribution in [2.45, 2.75) is 18.3 Å². The predicted octanol–water partition coefficient (Wildman–Crippen LogP) is -4.05. The standard InChI is InChI=1S/C5H12O5Si/c6-1-2(7)3(8)4(9)5(10)11/h2-4,6-9H,1H2,11H3/t2-,3+,4-/m1/s1. The zero-order valence-corrected chi connectivity index (χ0v) is 8.14. The SMILES string of the molecule is O=C([SiH3])[C@H](O)[C@@H](O)[C@H](O)CO. The smallest absolute Gasteiger partial charge is 0.135 e. The van der Waals surface area contributed by atoms with E-state index in [1.54, 1.807) is 0 Å². The monoisotopic (exact) mass is 180 g/mol. The molecule has 0 fully saturated rings. The van der Waals surface area contributed by atoms with E-state index in [0.29, 0.717) is 0 Å². The second kappa shape index (κ2) is 4.57. The number of hydrogen-bond acceptors (Lipinski definition) is 5. The van der Waals surface area contributed by atoms with Gasteiger partial charge in [0.25, 0.3) is 0 Å². The lowest BCUT2D eigenvalue weighted by atomic mass is 10.1. The minimum Gasteiger partial charge on any atom is -0.394 e. The van der Waals surface area contributed by atoms with E-state index >= 15 is 0 Å². The Morgan fingerprint density at radius 1 is 1.36 bits per heavy atom. The first-order valence-electron chi connectivity index (χ1n) is 3.16. The Kier molecular flexibility index (Phi) is 4.46. The average Bonchev–Trinajstić information content (AvgIpc) is 2.00. The zero-order valence-electron chi connectivity index (χ0n) is 6.14. The minimum absolute atomic E-state index is 0.107. The molecule has 0 aliphatic carbocycles. The van der Waals surface area contributed by atoms with Gasteiger partial charge in [-0.3, -0.25) is 0 Å². The summed E-state index contributed by atoms with van der Waals surface area (Å²) in [6, 6.07) is 0. The van der Waals surface area contributed by atoms with Crippen molar-refractivity contribution >= 4 is 15.6 Å². The maximum Gasteiger partial charge on any atom is 0.135 e. The van der Waals surface area contributed by atoms with E-state index in [9.17, 15) is 4.79 Å². The highest BCUT2D eigenvalue weighted by Gasteiger charge is 2.26. The fraction of sp³-hybridized carbons (Fsp3) is 0.800. The van der Waals surface area contributed by atoms with Gasteiger partial charge in [0.2, 0.25) is 0 Å². The predicted molar refractivity (Wildman–Crippen MR) is 40.1 cm³/mol. The van der Waals surface area contributed by atoms with Crippen molar-refractivity contribution in [2.75, 3.05) is 6.61 Å². The molecule has 0 rings (SSSR count). The Morgan fingerprint density at radius 2 is 1.82 bits per heavy atom. The van der Waals surface area contributed by atoms with E-state index in [2.05, 4.69) is 0 Å². The lowest BCUT2D eigenvalue weighted by Crippen LogP contribution is -2.43. The quantitative estimate of drug-likeness (QED) is 0.330. The number of carbonyl (C=O) groups excluding carboxylic acids is 1. The van der Waals surface area contributed by atoms with Crippen molar-refractivity contribution < 1.29 is 25.2 Å². The molecule has 0 radical (unpaired) electrons. The number of rotatable bonds is 4. The van der Waals surface area contributed by atoms with Crippen molar-refractivity contribution in [3.05, 3.63) is 0 Å². The van der Waals surface area contributed by atoms with Crippen LogP contribution in [-0.4, -0.2) is 61.0 Å². The van der Waals surface area contributed by atoms with Crippen LogP contribution in [0.15, 0.2) is 0 Å². The first-order valence-corrected chi connectivity index (χ1v) is 4.16. The van der Waals surface area contributed by atoms with Gasteiger partial charge in [0.15, 0.2) is 0 Å². The van der Waals surface area contributed by atoms with Crippen LogP contribution in [0.25, 0.3) is 0 Å². The molecule has 0 unspecified atom stereocenters. The molecule has 0 spiro atoms. The highest BCUT2D eigenvalue weighted by atomic mass is 28.1. The third-order valence-electron chi connectivity index (χ3n) is 1.32. The molecular formula is C5H12O5Si. The van der Waals surface area contributed by atoms with E-state index in [1.165, 1.54) is 0 Å². The highest BCUT2D eigenvalue weighted by Crippen LogP contribution is 1.99. The molecule has 0 heterocycles. The minimum atomic E-state index is -1.58. The Hall–Kier alpha value is -0.273. The van der Waals surface area contributed by atoms with Gasteiger partial charge in [-0.15, -0.1) is 0 Å². The molecule has 0 aromatic rings. The molecule has 0 aromatic carbocycles. The van der Waals surface area contributed by atoms with Crippen molar-refractivity contribution in [1.29, 1.82) is 0 Å². The van der Waals surface area contributed by atoms with Crippen LogP contribution in [0.3, 0.4) is 0 Å². The summed E-state index contributed by atoms with van der Waals surface area (Å²) in [5.41, 5.74) is 0. The summed E-state index contributed by atoms with van der Waals surface area (Å²) < 4.78 is 0. The summed E-state index contributed by atoms with van der Waals surface area (Å²) in [6.07, 6.45) is -4.60. The Labute approximate surface area is 66.7 Å². The fourth-order valence-electron chi connectivity index (χ4n) is 0.559. The van der Waals surface area contributed by atoms with E-state index in [0.717, 1.165) is 0 Å². The molecule has 3 atom stereocenters. The van der Waals surface area contributed by atoms with Gasteiger partial charge in [0.1, 0.15) is 23.7 Å². The molecule has 0 aliphatic heterocycles. The van der Waals surface area contributed by atoms with E-state index < -0.39 is 30.3 Å². The topological polar surface area (TPSA) is 98.0 Å². The summed E-state index contributed by atoms with van der Waals surface area (Å²) in [4.78, 5) is 10.5. The Bertz CT molecular complexity index is 139. The third kappa shape index (κ3) is 3.08. The van der Waals surface area contributed by atoms with E-state index in [1.807, 2.05) is 0 Å². The van der Waals surface area contributed by atoms with Crippen LogP contribution < -0.4 is 0 Å². The summed E-state index contributed by atoms with van der Waals surface area (Å²) in [6.45, 7) is -0.674. The summed E-state index contributed by atoms with van der Waals surface area (Å²) in [7, 11) is 0.107. The molecule has 0 aliphatic rings. The molecule has 66 valence electrons. The van der Waals surface area contributed by atoms with Crippen LogP contribution in [-0.2, 0) is 4.79 Å². The van der Waals surface area contributed by atoms with Gasteiger partial charge in [-0.2, -0.15) is 0 Å². The lowest BCUT2D eigenvalue weighted by Gasteiger charge is -2.18. The number of aliphatic hydroxyl groups excluding tert-OH is 4. The molecule has 0 aromatic heterocycles. The van der Waals surface area contributed by atoms with E-state index in [4.69, 9.17) is 20.4 Å². The van der Waals surface area contributed by atoms with Gasteiger partial charge >= 0.3 is 0 Å². The van der Waals surface area contributed by atoms with Crippen molar-refractivity contribution in [1.82, 2.24) is 0 Å². The fourth-order valence-corrected chi connectivity index (χ4v) is 0.900. The summed E-state index contributed by atoms with van der Waals surface area (Å²) in [5.74, 6) is 0. The van der Waals surface area contributed by atoms with Gasteiger partial charge < -0.3 is 25.2 Å². The van der Waals surface area contributed by atoms with Crippen LogP contribution in [0.2, 0.25) is 0 Å². The van der Waals surface area contributed by atoms with Gasteiger partial charge in [-0.1, -0.05) is 0 Å². The summed E-state index contributed by atoms with van der Waals surface area (Å²) >= 11 is 0. The number of carbonyl (C=O) groups is 1. The highest BCUT2D eigenvalue weighted by molar-refractivity contribution is 6.58. The second-order valence-corrected chi connectivity index (χ2v) is 3.28. The van der Waals surface area contributed by atoms with Gasteiger partial charge in [-0.05, 0) is 0 Å². The second-order valence-electron chi connectivity index (χ2n) is 2.30. The molecule has 0 bridgehead atoms. The van der Waals surface area contributed by atoms with E-state index in [-0.39, 0.29) is 10.2 Å². The van der Waals surface area contributed by atoms with Crippen molar-refractivity contribution in [3.63, 3.8) is 0 Å². The van der Waals surface area contributed by atoms with Gasteiger partial charge in [0, 0.05) is 0 Å². The van der Waals surface area contributed by atoms with Gasteiger partial charge in [-0.25, -0.2) is 0 Å². The Morgan fingerprint density at radius 3 is 2.09 bits per heavy atom. The Balaban J connectivity index is 4.00. The molecule has 6 heteroatoms. The third-order valence-corrected chi connectivity index (χ3v) is 1.91. The van der Waals surface area contributed by atoms with Crippen molar-refractivity contribution in [2.24, 2.45) is 0 Å². The molecule has 5 nitrogen and oxygen atoms in total. The molecular weight excluding hydrogens is 168 g/mol.